The number of benzene rings is 1. The van der Waals surface area contributed by atoms with Crippen LogP contribution in [0.3, 0.4) is 0 Å². The smallest absolute Gasteiger partial charge is 0.320 e. The molecule has 1 aromatic carbocycles. The number of aliphatic carboxylic acids is 1. The first-order valence-corrected chi connectivity index (χ1v) is 6.23. The summed E-state index contributed by atoms with van der Waals surface area (Å²) >= 11 is 0. The van der Waals surface area contributed by atoms with Gasteiger partial charge in [-0.15, -0.1) is 0 Å². The maximum atomic E-state index is 10.6. The number of imidazole rings is 1. The van der Waals surface area contributed by atoms with Crippen molar-refractivity contribution < 1.29 is 9.90 Å². The molecule has 2 rings (SSSR count). The highest BCUT2D eigenvalue weighted by molar-refractivity contribution is 5.72. The van der Waals surface area contributed by atoms with Crippen LogP contribution in [-0.2, 0) is 11.2 Å². The van der Waals surface area contributed by atoms with E-state index in [-0.39, 0.29) is 0 Å². The van der Waals surface area contributed by atoms with Gasteiger partial charge in [-0.25, -0.2) is 4.98 Å². The summed E-state index contributed by atoms with van der Waals surface area (Å²) in [5, 5.41) is 8.73. The van der Waals surface area contributed by atoms with E-state index in [1.807, 2.05) is 34.9 Å². The molecule has 0 radical (unpaired) electrons. The predicted molar refractivity (Wildman–Crippen MR) is 72.1 cm³/mol. The lowest BCUT2D eigenvalue weighted by Crippen LogP contribution is -2.29. The number of nitrogens with zero attached hydrogens (tertiary/aromatic N) is 2. The van der Waals surface area contributed by atoms with Gasteiger partial charge in [0.05, 0.1) is 6.33 Å². The Morgan fingerprint density at radius 2 is 2.11 bits per heavy atom. The van der Waals surface area contributed by atoms with Crippen LogP contribution in [-0.4, -0.2) is 26.7 Å². The Balaban J connectivity index is 1.99. The Morgan fingerprint density at radius 1 is 1.37 bits per heavy atom. The van der Waals surface area contributed by atoms with Crippen LogP contribution in [0.15, 0.2) is 42.9 Å². The monoisotopic (exact) mass is 259 g/mol. The molecule has 0 aliphatic carbocycles. The number of nitrogens with two attached hydrogens (primary N) is 1. The average Bonchev–Trinajstić information content (AvgIpc) is 2.88. The number of para-hydroxylation sites is 1. The van der Waals surface area contributed by atoms with E-state index in [4.69, 9.17) is 10.8 Å². The van der Waals surface area contributed by atoms with Gasteiger partial charge in [0.1, 0.15) is 6.04 Å². The lowest BCUT2D eigenvalue weighted by atomic mass is 10.1. The van der Waals surface area contributed by atoms with E-state index in [9.17, 15) is 4.79 Å². The highest BCUT2D eigenvalue weighted by Gasteiger charge is 2.11. The van der Waals surface area contributed by atoms with Crippen LogP contribution in [0.4, 0.5) is 0 Å². The molecule has 0 saturated heterocycles. The lowest BCUT2D eigenvalue weighted by Gasteiger charge is -2.09. The second-order valence-corrected chi connectivity index (χ2v) is 4.43. The molecule has 100 valence electrons. The van der Waals surface area contributed by atoms with Crippen molar-refractivity contribution in [2.24, 2.45) is 5.73 Å². The Morgan fingerprint density at radius 3 is 2.79 bits per heavy atom. The third-order valence-electron chi connectivity index (χ3n) is 3.01. The van der Waals surface area contributed by atoms with Gasteiger partial charge in [0.25, 0.3) is 0 Å². The summed E-state index contributed by atoms with van der Waals surface area (Å²) in [4.78, 5) is 14.8. The predicted octanol–water partition coefficient (Wildman–Crippen LogP) is 1.61. The van der Waals surface area contributed by atoms with Gasteiger partial charge in [0.2, 0.25) is 0 Å². The summed E-state index contributed by atoms with van der Waals surface area (Å²) in [6.07, 6.45) is 5.53. The first-order valence-electron chi connectivity index (χ1n) is 6.23. The van der Waals surface area contributed by atoms with Gasteiger partial charge in [0, 0.05) is 17.6 Å². The molecule has 5 heteroatoms. The van der Waals surface area contributed by atoms with Crippen LogP contribution >= 0.6 is 0 Å². The van der Waals surface area contributed by atoms with Gasteiger partial charge in [-0.3, -0.25) is 4.79 Å². The fourth-order valence-corrected chi connectivity index (χ4v) is 1.96. The topological polar surface area (TPSA) is 81.1 Å². The summed E-state index contributed by atoms with van der Waals surface area (Å²) in [5.41, 5.74) is 7.60. The quantitative estimate of drug-likeness (QED) is 0.825. The van der Waals surface area contributed by atoms with Gasteiger partial charge >= 0.3 is 5.97 Å². The van der Waals surface area contributed by atoms with Gasteiger partial charge in [-0.2, -0.15) is 0 Å². The van der Waals surface area contributed by atoms with Gasteiger partial charge < -0.3 is 15.4 Å². The minimum atomic E-state index is -0.948. The van der Waals surface area contributed by atoms with E-state index in [0.29, 0.717) is 6.42 Å². The number of hydrogen-bond donors (Lipinski definition) is 2. The van der Waals surface area contributed by atoms with Crippen LogP contribution in [0.25, 0.3) is 5.69 Å². The van der Waals surface area contributed by atoms with E-state index in [1.54, 1.807) is 12.5 Å². The Kier molecular flexibility index (Phi) is 4.30. The standard InChI is InChI=1S/C14H17N3O2/c15-13(14(18)19)8-4-7-12-9-16-10-17(12)11-5-2-1-3-6-11/h1-3,5-6,9-10,13H,4,7-8,15H2,(H,18,19)/t13-/m0/s1. The molecule has 0 saturated carbocycles. The van der Waals surface area contributed by atoms with Crippen LogP contribution in [0, 0.1) is 0 Å². The van der Waals surface area contributed by atoms with E-state index in [0.717, 1.165) is 24.2 Å². The third-order valence-corrected chi connectivity index (χ3v) is 3.01. The minimum Gasteiger partial charge on any atom is -0.480 e. The molecular weight excluding hydrogens is 242 g/mol. The maximum absolute atomic E-state index is 10.6. The third kappa shape index (κ3) is 3.42. The molecule has 5 nitrogen and oxygen atoms in total. The lowest BCUT2D eigenvalue weighted by molar-refractivity contribution is -0.138. The zero-order valence-electron chi connectivity index (χ0n) is 10.6. The number of hydrogen-bond acceptors (Lipinski definition) is 3. The molecule has 1 atom stereocenters. The minimum absolute atomic E-state index is 0.468. The number of carbonyl (C=O) groups is 1. The van der Waals surface area contributed by atoms with E-state index >= 15 is 0 Å². The molecule has 2 aromatic rings. The molecule has 0 spiro atoms. The molecule has 19 heavy (non-hydrogen) atoms. The Hall–Kier alpha value is -2.14. The molecule has 0 amide bonds. The number of aromatic nitrogens is 2. The van der Waals surface area contributed by atoms with Crippen LogP contribution in [0.2, 0.25) is 0 Å². The van der Waals surface area contributed by atoms with Crippen molar-refractivity contribution in [2.75, 3.05) is 0 Å². The second kappa shape index (κ2) is 6.15. The number of aryl methyl sites for hydroxylation is 1. The normalized spacial score (nSPS) is 12.3. The summed E-state index contributed by atoms with van der Waals surface area (Å²) in [6.45, 7) is 0. The molecule has 0 unspecified atom stereocenters. The number of carboxylic acids is 1. The van der Waals surface area contributed by atoms with Crippen molar-refractivity contribution in [1.29, 1.82) is 0 Å². The van der Waals surface area contributed by atoms with Crippen LogP contribution < -0.4 is 5.73 Å². The molecule has 0 aliphatic heterocycles. The highest BCUT2D eigenvalue weighted by Crippen LogP contribution is 2.13. The van der Waals surface area contributed by atoms with E-state index in [1.165, 1.54) is 0 Å². The largest absolute Gasteiger partial charge is 0.480 e. The van der Waals surface area contributed by atoms with Crippen molar-refractivity contribution in [2.45, 2.75) is 25.3 Å². The summed E-state index contributed by atoms with van der Waals surface area (Å²) in [6, 6.07) is 9.14. The second-order valence-electron chi connectivity index (χ2n) is 4.43. The SMILES string of the molecule is N[C@@H](CCCc1cncn1-c1ccccc1)C(=O)O. The summed E-state index contributed by atoms with van der Waals surface area (Å²) < 4.78 is 2.01. The number of carboxylic acid groups (broad SMARTS) is 1. The summed E-state index contributed by atoms with van der Waals surface area (Å²) in [7, 11) is 0. The van der Waals surface area contributed by atoms with Gasteiger partial charge in [-0.05, 0) is 31.4 Å². The van der Waals surface area contributed by atoms with Crippen molar-refractivity contribution in [3.05, 3.63) is 48.5 Å². The van der Waals surface area contributed by atoms with E-state index < -0.39 is 12.0 Å². The Labute approximate surface area is 111 Å². The van der Waals surface area contributed by atoms with E-state index in [2.05, 4.69) is 4.98 Å². The van der Waals surface area contributed by atoms with Gasteiger partial charge in [0.15, 0.2) is 0 Å². The molecular formula is C14H17N3O2. The molecule has 0 fully saturated rings. The fourth-order valence-electron chi connectivity index (χ4n) is 1.96. The van der Waals surface area contributed by atoms with Crippen molar-refractivity contribution in [1.82, 2.24) is 9.55 Å². The Bertz CT molecular complexity index is 537. The first kappa shape index (κ1) is 13.3. The maximum Gasteiger partial charge on any atom is 0.320 e. The van der Waals surface area contributed by atoms with Crippen LogP contribution in [0.5, 0.6) is 0 Å². The van der Waals surface area contributed by atoms with Crippen molar-refractivity contribution in [3.8, 4) is 5.69 Å². The first-order chi connectivity index (χ1) is 9.18. The van der Waals surface area contributed by atoms with Gasteiger partial charge in [-0.1, -0.05) is 18.2 Å². The summed E-state index contributed by atoms with van der Waals surface area (Å²) in [5.74, 6) is -0.948. The zero-order chi connectivity index (χ0) is 13.7. The fraction of sp³-hybridized carbons (Fsp3) is 0.286. The van der Waals surface area contributed by atoms with Crippen molar-refractivity contribution >= 4 is 5.97 Å². The van der Waals surface area contributed by atoms with Crippen molar-refractivity contribution in [3.63, 3.8) is 0 Å². The van der Waals surface area contributed by atoms with Crippen LogP contribution in [0.1, 0.15) is 18.5 Å². The average molecular weight is 259 g/mol. The molecule has 0 bridgehead atoms. The number of rotatable bonds is 6. The molecule has 1 heterocycles. The molecule has 0 aliphatic rings. The zero-order valence-corrected chi connectivity index (χ0v) is 10.6. The molecule has 3 N–H and O–H groups in total. The molecule has 1 aromatic heterocycles. The highest BCUT2D eigenvalue weighted by atomic mass is 16.4.